The van der Waals surface area contributed by atoms with E-state index < -0.39 is 0 Å². The lowest BCUT2D eigenvalue weighted by molar-refractivity contribution is -0.122. The predicted molar refractivity (Wildman–Crippen MR) is 70.4 cm³/mol. The largest absolute Gasteiger partial charge is 0.353 e. The molecule has 0 radical (unpaired) electrons. The van der Waals surface area contributed by atoms with Gasteiger partial charge in [-0.1, -0.05) is 6.07 Å². The number of carbonyl (C=O) groups excluding carboxylic acids is 1. The topological polar surface area (TPSA) is 46.9 Å². The highest BCUT2D eigenvalue weighted by Gasteiger charge is 2.30. The number of hydrogen-bond acceptors (Lipinski definition) is 3. The van der Waals surface area contributed by atoms with E-state index in [1.807, 2.05) is 23.0 Å². The van der Waals surface area contributed by atoms with Gasteiger partial charge in [0.2, 0.25) is 5.91 Å². The standard InChI is InChI=1S/C13H15N3OS/c17-13(10-4-5-10)14-9-11(12-3-1-8-18-12)16-7-2-6-15-16/h1-3,6-8,10-11H,4-5,9H2,(H,14,17). The molecule has 1 N–H and O–H groups in total. The smallest absolute Gasteiger partial charge is 0.223 e. The van der Waals surface area contributed by atoms with Gasteiger partial charge < -0.3 is 5.32 Å². The summed E-state index contributed by atoms with van der Waals surface area (Å²) in [5, 5.41) is 9.36. The third kappa shape index (κ3) is 2.46. The van der Waals surface area contributed by atoms with Crippen LogP contribution in [0, 0.1) is 5.92 Å². The summed E-state index contributed by atoms with van der Waals surface area (Å²) in [5.74, 6) is 0.440. The van der Waals surface area contributed by atoms with Gasteiger partial charge in [-0.05, 0) is 30.4 Å². The number of nitrogens with zero attached hydrogens (tertiary/aromatic N) is 2. The number of nitrogens with one attached hydrogen (secondary N) is 1. The quantitative estimate of drug-likeness (QED) is 0.895. The first kappa shape index (κ1) is 11.5. The monoisotopic (exact) mass is 261 g/mol. The molecule has 5 heteroatoms. The summed E-state index contributed by atoms with van der Waals surface area (Å²) >= 11 is 1.69. The molecule has 2 heterocycles. The molecule has 0 aromatic carbocycles. The molecule has 1 fully saturated rings. The molecular weight excluding hydrogens is 246 g/mol. The summed E-state index contributed by atoms with van der Waals surface area (Å²) in [6.45, 7) is 0.609. The average Bonchev–Trinajstić information content (AvgIpc) is 2.89. The lowest BCUT2D eigenvalue weighted by Gasteiger charge is -2.17. The second kappa shape index (κ2) is 4.94. The fourth-order valence-corrected chi connectivity index (χ4v) is 2.78. The summed E-state index contributed by atoms with van der Waals surface area (Å²) in [7, 11) is 0. The Morgan fingerprint density at radius 1 is 1.56 bits per heavy atom. The fraction of sp³-hybridized carbons (Fsp3) is 0.385. The lowest BCUT2D eigenvalue weighted by atomic mass is 10.2. The van der Waals surface area contributed by atoms with Gasteiger partial charge >= 0.3 is 0 Å². The van der Waals surface area contributed by atoms with E-state index in [1.54, 1.807) is 17.5 Å². The molecule has 2 aromatic heterocycles. The molecule has 1 amide bonds. The third-order valence-corrected chi connectivity index (χ3v) is 4.11. The van der Waals surface area contributed by atoms with Crippen LogP contribution in [0.5, 0.6) is 0 Å². The van der Waals surface area contributed by atoms with Crippen LogP contribution in [-0.4, -0.2) is 22.2 Å². The van der Waals surface area contributed by atoms with Crippen molar-refractivity contribution >= 4 is 17.2 Å². The van der Waals surface area contributed by atoms with Crippen molar-refractivity contribution in [3.05, 3.63) is 40.8 Å². The van der Waals surface area contributed by atoms with Gasteiger partial charge in [-0.15, -0.1) is 11.3 Å². The number of rotatable bonds is 5. The number of carbonyl (C=O) groups is 1. The Bertz CT molecular complexity index is 468. The van der Waals surface area contributed by atoms with Crippen molar-refractivity contribution in [2.45, 2.75) is 18.9 Å². The van der Waals surface area contributed by atoms with E-state index in [1.165, 1.54) is 4.88 Å². The molecule has 3 rings (SSSR count). The minimum atomic E-state index is 0.0997. The molecule has 0 saturated heterocycles. The van der Waals surface area contributed by atoms with Crippen molar-refractivity contribution in [1.29, 1.82) is 0 Å². The first-order valence-electron chi connectivity index (χ1n) is 6.15. The zero-order valence-electron chi connectivity index (χ0n) is 9.95. The van der Waals surface area contributed by atoms with Crippen LogP contribution in [0.4, 0.5) is 0 Å². The molecular formula is C13H15N3OS. The Kier molecular flexibility index (Phi) is 3.15. The lowest BCUT2D eigenvalue weighted by Crippen LogP contribution is -2.32. The minimum absolute atomic E-state index is 0.0997. The normalized spacial score (nSPS) is 16.4. The Morgan fingerprint density at radius 2 is 2.44 bits per heavy atom. The highest BCUT2D eigenvalue weighted by molar-refractivity contribution is 7.10. The Hall–Kier alpha value is -1.62. The van der Waals surface area contributed by atoms with Gasteiger partial charge in [0, 0.05) is 29.7 Å². The molecule has 1 aliphatic carbocycles. The fourth-order valence-electron chi connectivity index (χ4n) is 1.96. The van der Waals surface area contributed by atoms with Crippen molar-refractivity contribution in [2.24, 2.45) is 5.92 Å². The maximum atomic E-state index is 11.7. The zero-order chi connectivity index (χ0) is 12.4. The molecule has 0 bridgehead atoms. The molecule has 1 unspecified atom stereocenters. The number of hydrogen-bond donors (Lipinski definition) is 1. The van der Waals surface area contributed by atoms with E-state index >= 15 is 0 Å². The van der Waals surface area contributed by atoms with Gasteiger partial charge in [-0.25, -0.2) is 0 Å². The van der Waals surface area contributed by atoms with Crippen molar-refractivity contribution in [1.82, 2.24) is 15.1 Å². The molecule has 1 saturated carbocycles. The second-order valence-electron chi connectivity index (χ2n) is 4.54. The SMILES string of the molecule is O=C(NCC(c1cccs1)n1cccn1)C1CC1. The van der Waals surface area contributed by atoms with Crippen molar-refractivity contribution in [2.75, 3.05) is 6.54 Å². The van der Waals surface area contributed by atoms with E-state index in [9.17, 15) is 4.79 Å². The Labute approximate surface area is 110 Å². The zero-order valence-corrected chi connectivity index (χ0v) is 10.8. The Balaban J connectivity index is 1.71. The van der Waals surface area contributed by atoms with Gasteiger partial charge in [0.05, 0.1) is 0 Å². The molecule has 1 aliphatic rings. The van der Waals surface area contributed by atoms with Crippen LogP contribution in [0.3, 0.4) is 0 Å². The van der Waals surface area contributed by atoms with Gasteiger partial charge in [-0.2, -0.15) is 5.10 Å². The summed E-state index contributed by atoms with van der Waals surface area (Å²) in [6.07, 6.45) is 5.78. The maximum absolute atomic E-state index is 11.7. The van der Waals surface area contributed by atoms with Crippen LogP contribution < -0.4 is 5.32 Å². The van der Waals surface area contributed by atoms with E-state index in [4.69, 9.17) is 0 Å². The number of aromatic nitrogens is 2. The predicted octanol–water partition coefficient (Wildman–Crippen LogP) is 2.06. The molecule has 1 atom stereocenters. The maximum Gasteiger partial charge on any atom is 0.223 e. The first-order chi connectivity index (χ1) is 8.84. The highest BCUT2D eigenvalue weighted by atomic mass is 32.1. The van der Waals surface area contributed by atoms with Crippen molar-refractivity contribution in [3.63, 3.8) is 0 Å². The van der Waals surface area contributed by atoms with Gasteiger partial charge in [0.1, 0.15) is 6.04 Å². The summed E-state index contributed by atoms with van der Waals surface area (Å²) in [6, 6.07) is 6.12. The number of thiophene rings is 1. The van der Waals surface area contributed by atoms with Gasteiger partial charge in [-0.3, -0.25) is 9.48 Å². The first-order valence-corrected chi connectivity index (χ1v) is 7.03. The van der Waals surface area contributed by atoms with E-state index in [-0.39, 0.29) is 17.9 Å². The molecule has 18 heavy (non-hydrogen) atoms. The number of amides is 1. The average molecular weight is 261 g/mol. The molecule has 0 spiro atoms. The van der Waals surface area contributed by atoms with Crippen LogP contribution in [0.25, 0.3) is 0 Å². The van der Waals surface area contributed by atoms with Gasteiger partial charge in [0.25, 0.3) is 0 Å². The van der Waals surface area contributed by atoms with E-state index in [0.29, 0.717) is 6.54 Å². The van der Waals surface area contributed by atoms with Crippen LogP contribution in [0.2, 0.25) is 0 Å². The van der Waals surface area contributed by atoms with E-state index in [2.05, 4.69) is 21.9 Å². The summed E-state index contributed by atoms with van der Waals surface area (Å²) in [4.78, 5) is 12.9. The highest BCUT2D eigenvalue weighted by Crippen LogP contribution is 2.29. The minimum Gasteiger partial charge on any atom is -0.353 e. The van der Waals surface area contributed by atoms with E-state index in [0.717, 1.165) is 12.8 Å². The third-order valence-electron chi connectivity index (χ3n) is 3.13. The molecule has 4 nitrogen and oxygen atoms in total. The summed E-state index contributed by atoms with van der Waals surface area (Å²) in [5.41, 5.74) is 0. The van der Waals surface area contributed by atoms with Crippen molar-refractivity contribution in [3.8, 4) is 0 Å². The van der Waals surface area contributed by atoms with Crippen LogP contribution in [-0.2, 0) is 4.79 Å². The molecule has 2 aromatic rings. The van der Waals surface area contributed by atoms with Crippen LogP contribution in [0.15, 0.2) is 36.0 Å². The van der Waals surface area contributed by atoms with Crippen molar-refractivity contribution < 1.29 is 4.79 Å². The summed E-state index contributed by atoms with van der Waals surface area (Å²) < 4.78 is 1.90. The Morgan fingerprint density at radius 3 is 3.06 bits per heavy atom. The van der Waals surface area contributed by atoms with Crippen LogP contribution in [0.1, 0.15) is 23.8 Å². The van der Waals surface area contributed by atoms with Crippen LogP contribution >= 0.6 is 11.3 Å². The van der Waals surface area contributed by atoms with Gasteiger partial charge in [0.15, 0.2) is 0 Å². The molecule has 94 valence electrons. The molecule has 0 aliphatic heterocycles. The second-order valence-corrected chi connectivity index (χ2v) is 5.52.